The molecular weight excluding hydrogens is 270 g/mol. The van der Waals surface area contributed by atoms with E-state index in [2.05, 4.69) is 25.8 Å². The third kappa shape index (κ3) is 3.26. The minimum atomic E-state index is -0.0612. The van der Waals surface area contributed by atoms with Crippen molar-refractivity contribution in [2.45, 2.75) is 32.6 Å². The summed E-state index contributed by atoms with van der Waals surface area (Å²) in [7, 11) is 0. The van der Waals surface area contributed by atoms with Crippen molar-refractivity contribution >= 4 is 17.4 Å². The quantitative estimate of drug-likeness (QED) is 0.780. The number of ketones is 1. The van der Waals surface area contributed by atoms with Crippen LogP contribution < -0.4 is 0 Å². The molecule has 0 amide bonds. The Labute approximate surface area is 124 Å². The van der Waals surface area contributed by atoms with E-state index in [0.29, 0.717) is 11.4 Å². The summed E-state index contributed by atoms with van der Waals surface area (Å²) in [5.41, 5.74) is 2.59. The number of benzene rings is 1. The Balaban J connectivity index is 2.34. The van der Waals surface area contributed by atoms with Gasteiger partial charge in [0, 0.05) is 24.4 Å². The van der Waals surface area contributed by atoms with E-state index in [9.17, 15) is 4.79 Å². The first-order chi connectivity index (χ1) is 9.39. The molecule has 0 saturated carbocycles. The van der Waals surface area contributed by atoms with E-state index in [-0.39, 0.29) is 11.2 Å². The number of Topliss-reactive ketones (excluding diaryl/α,β-unsaturated/α-hetero) is 1. The summed E-state index contributed by atoms with van der Waals surface area (Å²) in [6, 6.07) is 9.56. The molecule has 2 aromatic rings. The van der Waals surface area contributed by atoms with Gasteiger partial charge in [-0.15, -0.1) is 0 Å². The average Bonchev–Trinajstić information content (AvgIpc) is 2.40. The highest BCUT2D eigenvalue weighted by molar-refractivity contribution is 6.31. The van der Waals surface area contributed by atoms with Crippen molar-refractivity contribution in [3.8, 4) is 0 Å². The molecule has 0 bridgehead atoms. The zero-order valence-corrected chi connectivity index (χ0v) is 12.7. The van der Waals surface area contributed by atoms with Gasteiger partial charge in [-0.2, -0.15) is 0 Å². The Hall–Kier alpha value is -1.67. The second-order valence-electron chi connectivity index (χ2n) is 5.86. The molecule has 0 radical (unpaired) electrons. The third-order valence-corrected chi connectivity index (χ3v) is 3.58. The van der Waals surface area contributed by atoms with E-state index in [4.69, 9.17) is 11.6 Å². The van der Waals surface area contributed by atoms with Crippen molar-refractivity contribution in [3.05, 3.63) is 64.4 Å². The van der Waals surface area contributed by atoms with E-state index in [1.165, 1.54) is 0 Å². The van der Waals surface area contributed by atoms with Crippen molar-refractivity contribution in [2.24, 2.45) is 0 Å². The lowest BCUT2D eigenvalue weighted by atomic mass is 9.82. The normalized spacial score (nSPS) is 11.4. The van der Waals surface area contributed by atoms with Crippen molar-refractivity contribution < 1.29 is 4.79 Å². The van der Waals surface area contributed by atoms with Gasteiger partial charge in [-0.05, 0) is 22.6 Å². The number of hydrogen-bond donors (Lipinski definition) is 0. The number of carbonyl (C=O) groups is 1. The molecule has 2 rings (SSSR count). The summed E-state index contributed by atoms with van der Waals surface area (Å²) in [5, 5.41) is 0.536. The molecule has 3 heteroatoms. The Morgan fingerprint density at radius 2 is 1.90 bits per heavy atom. The molecule has 104 valence electrons. The van der Waals surface area contributed by atoms with Gasteiger partial charge in [0.15, 0.2) is 5.78 Å². The summed E-state index contributed by atoms with van der Waals surface area (Å²) in [6.07, 6.45) is 3.53. The number of nitrogens with zero attached hydrogens (tertiary/aromatic N) is 1. The molecule has 0 aliphatic rings. The maximum absolute atomic E-state index is 12.6. The number of rotatable bonds is 3. The summed E-state index contributed by atoms with van der Waals surface area (Å²) in [5.74, 6) is 0.0867. The van der Waals surface area contributed by atoms with E-state index in [1.807, 2.05) is 24.3 Å². The first-order valence-electron chi connectivity index (χ1n) is 6.60. The van der Waals surface area contributed by atoms with Crippen LogP contribution >= 0.6 is 11.6 Å². The van der Waals surface area contributed by atoms with Gasteiger partial charge in [-0.3, -0.25) is 9.78 Å². The van der Waals surface area contributed by atoms with Crippen LogP contribution in [0, 0.1) is 0 Å². The van der Waals surface area contributed by atoms with Crippen LogP contribution in [-0.4, -0.2) is 10.8 Å². The van der Waals surface area contributed by atoms with E-state index < -0.39 is 0 Å². The van der Waals surface area contributed by atoms with Gasteiger partial charge in [-0.25, -0.2) is 0 Å². The highest BCUT2D eigenvalue weighted by Gasteiger charge is 2.21. The second kappa shape index (κ2) is 5.76. The van der Waals surface area contributed by atoms with Crippen molar-refractivity contribution in [2.75, 3.05) is 0 Å². The Morgan fingerprint density at radius 3 is 2.55 bits per heavy atom. The van der Waals surface area contributed by atoms with Crippen molar-refractivity contribution in [1.29, 1.82) is 0 Å². The molecule has 0 aliphatic heterocycles. The Bertz CT molecular complexity index is 629. The van der Waals surface area contributed by atoms with Crippen LogP contribution in [0.15, 0.2) is 42.7 Å². The average molecular weight is 288 g/mol. The van der Waals surface area contributed by atoms with Gasteiger partial charge >= 0.3 is 0 Å². The standard InChI is InChI=1S/C17H18ClNO/c1-17(2,3)14-7-5-4-6-13(14)16(20)10-12-8-9-19-11-15(12)18/h4-9,11H,10H2,1-3H3. The van der Waals surface area contributed by atoms with Crippen molar-refractivity contribution in [1.82, 2.24) is 4.98 Å². The number of carbonyl (C=O) groups excluding carboxylic acids is 1. The van der Waals surface area contributed by atoms with Crippen molar-refractivity contribution in [3.63, 3.8) is 0 Å². The highest BCUT2D eigenvalue weighted by atomic mass is 35.5. The molecule has 0 aliphatic carbocycles. The zero-order chi connectivity index (χ0) is 14.8. The number of aromatic nitrogens is 1. The second-order valence-corrected chi connectivity index (χ2v) is 6.27. The van der Waals surface area contributed by atoms with Gasteiger partial charge in [-0.1, -0.05) is 56.6 Å². The highest BCUT2D eigenvalue weighted by Crippen LogP contribution is 2.27. The van der Waals surface area contributed by atoms with E-state index >= 15 is 0 Å². The molecule has 0 saturated heterocycles. The maximum atomic E-state index is 12.6. The van der Waals surface area contributed by atoms with Crippen LogP contribution in [0.2, 0.25) is 5.02 Å². The predicted octanol–water partition coefficient (Wildman–Crippen LogP) is 4.46. The molecule has 1 aromatic heterocycles. The van der Waals surface area contributed by atoms with Gasteiger partial charge < -0.3 is 0 Å². The molecule has 0 unspecified atom stereocenters. The largest absolute Gasteiger partial charge is 0.294 e. The summed E-state index contributed by atoms with van der Waals surface area (Å²) in [6.45, 7) is 6.33. The Kier molecular flexibility index (Phi) is 4.24. The first kappa shape index (κ1) is 14.7. The van der Waals surface area contributed by atoms with Gasteiger partial charge in [0.05, 0.1) is 5.02 Å². The first-order valence-corrected chi connectivity index (χ1v) is 6.98. The fourth-order valence-corrected chi connectivity index (χ4v) is 2.38. The fourth-order valence-electron chi connectivity index (χ4n) is 2.20. The van der Waals surface area contributed by atoms with Gasteiger partial charge in [0.1, 0.15) is 0 Å². The zero-order valence-electron chi connectivity index (χ0n) is 12.0. The van der Waals surface area contributed by atoms with Crippen LogP contribution in [0.5, 0.6) is 0 Å². The molecular formula is C17H18ClNO. The molecule has 0 spiro atoms. The van der Waals surface area contributed by atoms with Gasteiger partial charge in [0.2, 0.25) is 0 Å². The van der Waals surface area contributed by atoms with Crippen LogP contribution in [0.25, 0.3) is 0 Å². The lowest BCUT2D eigenvalue weighted by Gasteiger charge is -2.22. The monoisotopic (exact) mass is 287 g/mol. The molecule has 0 atom stereocenters. The molecule has 0 N–H and O–H groups in total. The molecule has 20 heavy (non-hydrogen) atoms. The van der Waals surface area contributed by atoms with Crippen LogP contribution in [0.4, 0.5) is 0 Å². The maximum Gasteiger partial charge on any atom is 0.167 e. The van der Waals surface area contributed by atoms with Crippen LogP contribution in [0.3, 0.4) is 0 Å². The predicted molar refractivity (Wildman–Crippen MR) is 82.4 cm³/mol. The lowest BCUT2D eigenvalue weighted by Crippen LogP contribution is -2.17. The smallest absolute Gasteiger partial charge is 0.167 e. The molecule has 1 aromatic carbocycles. The summed E-state index contributed by atoms with van der Waals surface area (Å²) in [4.78, 5) is 16.5. The minimum Gasteiger partial charge on any atom is -0.294 e. The van der Waals surface area contributed by atoms with Crippen LogP contribution in [0.1, 0.15) is 42.3 Å². The third-order valence-electron chi connectivity index (χ3n) is 3.24. The van der Waals surface area contributed by atoms with E-state index in [1.54, 1.807) is 18.5 Å². The lowest BCUT2D eigenvalue weighted by molar-refractivity contribution is 0.0991. The molecule has 2 nitrogen and oxygen atoms in total. The molecule has 1 heterocycles. The topological polar surface area (TPSA) is 30.0 Å². The SMILES string of the molecule is CC(C)(C)c1ccccc1C(=O)Cc1ccncc1Cl. The van der Waals surface area contributed by atoms with Crippen LogP contribution in [-0.2, 0) is 11.8 Å². The van der Waals surface area contributed by atoms with E-state index in [0.717, 1.165) is 16.7 Å². The summed E-state index contributed by atoms with van der Waals surface area (Å²) >= 11 is 6.07. The molecule has 0 fully saturated rings. The number of hydrogen-bond acceptors (Lipinski definition) is 2. The summed E-state index contributed by atoms with van der Waals surface area (Å²) < 4.78 is 0. The van der Waals surface area contributed by atoms with Gasteiger partial charge in [0.25, 0.3) is 0 Å². The number of halogens is 1. The Morgan fingerprint density at radius 1 is 1.20 bits per heavy atom. The minimum absolute atomic E-state index is 0.0612. The number of pyridine rings is 1. The fraction of sp³-hybridized carbons (Fsp3) is 0.294.